The van der Waals surface area contributed by atoms with E-state index in [2.05, 4.69) is 5.32 Å². The maximum atomic E-state index is 14.1. The lowest BCUT2D eigenvalue weighted by atomic mass is 10.0. The van der Waals surface area contributed by atoms with Crippen molar-refractivity contribution in [3.05, 3.63) is 47.8 Å². The molecule has 0 radical (unpaired) electrons. The standard InChI is InChI=1S/C16H18FNO2/c1-18-10-11-4-5-16(17)15(6-11)12-7-13(19-2)9-14(8-12)20-3/h4-9,18H,10H2,1-3H3. The first-order chi connectivity index (χ1) is 9.67. The summed E-state index contributed by atoms with van der Waals surface area (Å²) in [5.74, 6) is 1.01. The van der Waals surface area contributed by atoms with Crippen molar-refractivity contribution >= 4 is 0 Å². The van der Waals surface area contributed by atoms with Crippen molar-refractivity contribution in [2.75, 3.05) is 21.3 Å². The van der Waals surface area contributed by atoms with Gasteiger partial charge in [0.25, 0.3) is 0 Å². The Balaban J connectivity index is 2.51. The molecular formula is C16H18FNO2. The van der Waals surface area contributed by atoms with Crippen molar-refractivity contribution in [1.29, 1.82) is 0 Å². The molecule has 0 heterocycles. The number of methoxy groups -OCH3 is 2. The average molecular weight is 275 g/mol. The highest BCUT2D eigenvalue weighted by molar-refractivity contribution is 5.68. The summed E-state index contributed by atoms with van der Waals surface area (Å²) in [6, 6.07) is 10.4. The molecule has 4 heteroatoms. The Morgan fingerprint density at radius 1 is 1.00 bits per heavy atom. The van der Waals surface area contributed by atoms with Crippen molar-refractivity contribution in [2.24, 2.45) is 0 Å². The zero-order chi connectivity index (χ0) is 14.5. The summed E-state index contributed by atoms with van der Waals surface area (Å²) in [5.41, 5.74) is 2.29. The van der Waals surface area contributed by atoms with Crippen molar-refractivity contribution in [3.8, 4) is 22.6 Å². The third-order valence-corrected chi connectivity index (χ3v) is 3.07. The Morgan fingerprint density at radius 2 is 1.65 bits per heavy atom. The second kappa shape index (κ2) is 6.39. The highest BCUT2D eigenvalue weighted by Gasteiger charge is 2.09. The number of nitrogens with one attached hydrogen (secondary N) is 1. The normalized spacial score (nSPS) is 10.4. The third kappa shape index (κ3) is 3.08. The van der Waals surface area contributed by atoms with Crippen LogP contribution in [0, 0.1) is 5.82 Å². The summed E-state index contributed by atoms with van der Waals surface area (Å²) in [6.45, 7) is 0.689. The van der Waals surface area contributed by atoms with Gasteiger partial charge in [0.1, 0.15) is 17.3 Å². The monoisotopic (exact) mass is 275 g/mol. The van der Waals surface area contributed by atoms with Gasteiger partial charge in [-0.15, -0.1) is 0 Å². The van der Waals surface area contributed by atoms with Crippen LogP contribution < -0.4 is 14.8 Å². The van der Waals surface area contributed by atoms with Gasteiger partial charge in [-0.2, -0.15) is 0 Å². The molecular weight excluding hydrogens is 257 g/mol. The smallest absolute Gasteiger partial charge is 0.131 e. The van der Waals surface area contributed by atoms with Gasteiger partial charge < -0.3 is 14.8 Å². The Hall–Kier alpha value is -2.07. The molecule has 0 aliphatic carbocycles. The summed E-state index contributed by atoms with van der Waals surface area (Å²) in [7, 11) is 5.01. The predicted octanol–water partition coefficient (Wildman–Crippen LogP) is 3.23. The number of hydrogen-bond acceptors (Lipinski definition) is 3. The van der Waals surface area contributed by atoms with E-state index in [-0.39, 0.29) is 5.82 Å². The number of hydrogen-bond donors (Lipinski definition) is 1. The highest BCUT2D eigenvalue weighted by Crippen LogP contribution is 2.31. The molecule has 0 aliphatic rings. The van der Waals surface area contributed by atoms with Gasteiger partial charge in [-0.25, -0.2) is 4.39 Å². The second-order valence-electron chi connectivity index (χ2n) is 4.45. The zero-order valence-electron chi connectivity index (χ0n) is 11.9. The minimum Gasteiger partial charge on any atom is -0.497 e. The number of ether oxygens (including phenoxy) is 2. The molecule has 0 aromatic heterocycles. The molecule has 0 saturated heterocycles. The number of halogens is 1. The summed E-state index contributed by atoms with van der Waals surface area (Å²) in [4.78, 5) is 0. The fourth-order valence-electron chi connectivity index (χ4n) is 2.07. The number of rotatable bonds is 5. The Bertz CT molecular complexity index is 577. The van der Waals surface area contributed by atoms with E-state index in [1.165, 1.54) is 6.07 Å². The van der Waals surface area contributed by atoms with Gasteiger partial charge in [0.15, 0.2) is 0 Å². The number of benzene rings is 2. The molecule has 1 N–H and O–H groups in total. The van der Waals surface area contributed by atoms with Gasteiger partial charge in [-0.3, -0.25) is 0 Å². The van der Waals surface area contributed by atoms with Crippen LogP contribution in [0.15, 0.2) is 36.4 Å². The van der Waals surface area contributed by atoms with Crippen molar-refractivity contribution < 1.29 is 13.9 Å². The van der Waals surface area contributed by atoms with Crippen LogP contribution in [0.1, 0.15) is 5.56 Å². The van der Waals surface area contributed by atoms with Crippen LogP contribution in [0.3, 0.4) is 0 Å². The molecule has 2 rings (SSSR count). The molecule has 0 unspecified atom stereocenters. The van der Waals surface area contributed by atoms with E-state index < -0.39 is 0 Å². The van der Waals surface area contributed by atoms with Gasteiger partial charge in [0.2, 0.25) is 0 Å². The molecule has 0 saturated carbocycles. The van der Waals surface area contributed by atoms with Crippen LogP contribution >= 0.6 is 0 Å². The minimum atomic E-state index is -0.264. The van der Waals surface area contributed by atoms with Crippen LogP contribution in [0.25, 0.3) is 11.1 Å². The zero-order valence-corrected chi connectivity index (χ0v) is 11.9. The van der Waals surface area contributed by atoms with Crippen LogP contribution in [0.2, 0.25) is 0 Å². The van der Waals surface area contributed by atoms with E-state index >= 15 is 0 Å². The van der Waals surface area contributed by atoms with E-state index in [4.69, 9.17) is 9.47 Å². The van der Waals surface area contributed by atoms with E-state index in [0.29, 0.717) is 23.6 Å². The quantitative estimate of drug-likeness (QED) is 0.908. The largest absolute Gasteiger partial charge is 0.497 e. The first kappa shape index (κ1) is 14.3. The van der Waals surface area contributed by atoms with Crippen LogP contribution in [0.4, 0.5) is 4.39 Å². The molecule has 0 atom stereocenters. The Labute approximate surface area is 118 Å². The predicted molar refractivity (Wildman–Crippen MR) is 77.7 cm³/mol. The molecule has 0 amide bonds. The summed E-state index contributed by atoms with van der Waals surface area (Å²) < 4.78 is 24.5. The first-order valence-electron chi connectivity index (χ1n) is 6.34. The average Bonchev–Trinajstić information content (AvgIpc) is 2.48. The Morgan fingerprint density at radius 3 is 2.20 bits per heavy atom. The molecule has 0 aliphatic heterocycles. The molecule has 3 nitrogen and oxygen atoms in total. The van der Waals surface area contributed by atoms with Gasteiger partial charge >= 0.3 is 0 Å². The van der Waals surface area contributed by atoms with Crippen molar-refractivity contribution in [1.82, 2.24) is 5.32 Å². The molecule has 0 bridgehead atoms. The first-order valence-corrected chi connectivity index (χ1v) is 6.34. The van der Waals surface area contributed by atoms with E-state index in [0.717, 1.165) is 11.1 Å². The lowest BCUT2D eigenvalue weighted by Gasteiger charge is -2.11. The third-order valence-electron chi connectivity index (χ3n) is 3.07. The van der Waals surface area contributed by atoms with Gasteiger partial charge in [0, 0.05) is 18.2 Å². The molecule has 2 aromatic rings. The lowest BCUT2D eigenvalue weighted by molar-refractivity contribution is 0.394. The topological polar surface area (TPSA) is 30.5 Å². The maximum Gasteiger partial charge on any atom is 0.131 e. The van der Waals surface area contributed by atoms with Crippen LogP contribution in [-0.2, 0) is 6.54 Å². The van der Waals surface area contributed by atoms with E-state index in [1.54, 1.807) is 38.5 Å². The molecule has 2 aromatic carbocycles. The van der Waals surface area contributed by atoms with Crippen molar-refractivity contribution in [2.45, 2.75) is 6.54 Å². The summed E-state index contributed by atoms with van der Waals surface area (Å²) >= 11 is 0. The summed E-state index contributed by atoms with van der Waals surface area (Å²) in [6.07, 6.45) is 0. The minimum absolute atomic E-state index is 0.264. The molecule has 20 heavy (non-hydrogen) atoms. The highest BCUT2D eigenvalue weighted by atomic mass is 19.1. The lowest BCUT2D eigenvalue weighted by Crippen LogP contribution is -2.05. The Kier molecular flexibility index (Phi) is 4.58. The molecule has 0 fully saturated rings. The fraction of sp³-hybridized carbons (Fsp3) is 0.250. The van der Waals surface area contributed by atoms with E-state index in [9.17, 15) is 4.39 Å². The van der Waals surface area contributed by atoms with Crippen molar-refractivity contribution in [3.63, 3.8) is 0 Å². The second-order valence-corrected chi connectivity index (χ2v) is 4.45. The molecule has 0 spiro atoms. The SMILES string of the molecule is CNCc1ccc(F)c(-c2cc(OC)cc(OC)c2)c1. The van der Waals surface area contributed by atoms with Gasteiger partial charge in [-0.1, -0.05) is 6.07 Å². The van der Waals surface area contributed by atoms with Gasteiger partial charge in [-0.05, 0) is 42.4 Å². The maximum absolute atomic E-state index is 14.1. The van der Waals surface area contributed by atoms with Crippen LogP contribution in [-0.4, -0.2) is 21.3 Å². The van der Waals surface area contributed by atoms with Gasteiger partial charge in [0.05, 0.1) is 14.2 Å². The van der Waals surface area contributed by atoms with E-state index in [1.807, 2.05) is 13.1 Å². The fourth-order valence-corrected chi connectivity index (χ4v) is 2.07. The molecule has 106 valence electrons. The van der Waals surface area contributed by atoms with Crippen LogP contribution in [0.5, 0.6) is 11.5 Å². The summed E-state index contributed by atoms with van der Waals surface area (Å²) in [5, 5.41) is 3.06.